The molecule has 1 rings (SSSR count). The number of aliphatic carboxylic acids is 1. The number of amides is 1. The molecular formula is C13H13FN2O3. The van der Waals surface area contributed by atoms with Gasteiger partial charge in [-0.3, -0.25) is 9.59 Å². The van der Waals surface area contributed by atoms with Gasteiger partial charge in [-0.1, -0.05) is 13.8 Å². The Bertz CT molecular complexity index is 551. The Hall–Kier alpha value is -2.42. The van der Waals surface area contributed by atoms with E-state index in [-0.39, 0.29) is 11.3 Å². The molecular weight excluding hydrogens is 251 g/mol. The summed E-state index contributed by atoms with van der Waals surface area (Å²) in [7, 11) is 0. The molecule has 0 aliphatic heterocycles. The van der Waals surface area contributed by atoms with Crippen LogP contribution in [0.25, 0.3) is 0 Å². The molecule has 1 aromatic rings. The summed E-state index contributed by atoms with van der Waals surface area (Å²) in [5.74, 6) is -3.82. The zero-order valence-electron chi connectivity index (χ0n) is 10.5. The molecule has 2 unspecified atom stereocenters. The first-order chi connectivity index (χ1) is 8.86. The monoisotopic (exact) mass is 264 g/mol. The van der Waals surface area contributed by atoms with Crippen molar-refractivity contribution in [2.45, 2.75) is 13.8 Å². The number of nitrogens with zero attached hydrogens (tertiary/aromatic N) is 1. The van der Waals surface area contributed by atoms with Gasteiger partial charge in [0.05, 0.1) is 11.5 Å². The van der Waals surface area contributed by atoms with Crippen LogP contribution in [-0.4, -0.2) is 17.0 Å². The number of hydrogen-bond acceptors (Lipinski definition) is 3. The molecule has 1 aromatic carbocycles. The van der Waals surface area contributed by atoms with Gasteiger partial charge < -0.3 is 10.4 Å². The van der Waals surface area contributed by atoms with E-state index in [1.54, 1.807) is 6.07 Å². The van der Waals surface area contributed by atoms with Crippen LogP contribution >= 0.6 is 0 Å². The zero-order chi connectivity index (χ0) is 14.6. The predicted octanol–water partition coefficient (Wildman–Crippen LogP) is 1.99. The maximum atomic E-state index is 13.1. The first kappa shape index (κ1) is 14.6. The van der Waals surface area contributed by atoms with Crippen molar-refractivity contribution in [3.63, 3.8) is 0 Å². The summed E-state index contributed by atoms with van der Waals surface area (Å²) in [4.78, 5) is 22.6. The van der Waals surface area contributed by atoms with E-state index >= 15 is 0 Å². The number of hydrogen-bond donors (Lipinski definition) is 2. The van der Waals surface area contributed by atoms with Crippen LogP contribution in [0.15, 0.2) is 18.2 Å². The molecule has 0 fully saturated rings. The number of nitrogens with one attached hydrogen (secondary N) is 1. The minimum atomic E-state index is -1.07. The maximum Gasteiger partial charge on any atom is 0.307 e. The van der Waals surface area contributed by atoms with Gasteiger partial charge in [0.15, 0.2) is 0 Å². The lowest BCUT2D eigenvalue weighted by molar-refractivity contribution is -0.145. The SMILES string of the molecule is CC(C(=O)O)C(C)C(=O)Nc1ccc(F)c(C#N)c1. The van der Waals surface area contributed by atoms with Crippen molar-refractivity contribution in [3.05, 3.63) is 29.6 Å². The van der Waals surface area contributed by atoms with E-state index < -0.39 is 29.5 Å². The van der Waals surface area contributed by atoms with Crippen LogP contribution in [0.5, 0.6) is 0 Å². The van der Waals surface area contributed by atoms with Crippen molar-refractivity contribution in [2.75, 3.05) is 5.32 Å². The zero-order valence-corrected chi connectivity index (χ0v) is 10.5. The number of carbonyl (C=O) groups is 2. The summed E-state index contributed by atoms with van der Waals surface area (Å²) < 4.78 is 13.1. The number of carboxylic acid groups (broad SMARTS) is 1. The Morgan fingerprint density at radius 3 is 2.53 bits per heavy atom. The lowest BCUT2D eigenvalue weighted by Crippen LogP contribution is -2.30. The third-order valence-corrected chi connectivity index (χ3v) is 2.91. The fraction of sp³-hybridized carbons (Fsp3) is 0.308. The van der Waals surface area contributed by atoms with E-state index in [9.17, 15) is 14.0 Å². The Kier molecular flexibility index (Phi) is 4.59. The summed E-state index contributed by atoms with van der Waals surface area (Å²) in [5.41, 5.74) is 0.0733. The van der Waals surface area contributed by atoms with Crippen LogP contribution in [0.2, 0.25) is 0 Å². The van der Waals surface area contributed by atoms with Crippen LogP contribution < -0.4 is 5.32 Å². The molecule has 0 heterocycles. The van der Waals surface area contributed by atoms with Crippen LogP contribution in [0, 0.1) is 29.0 Å². The van der Waals surface area contributed by atoms with E-state index in [4.69, 9.17) is 10.4 Å². The number of halogens is 1. The molecule has 2 N–H and O–H groups in total. The molecule has 0 spiro atoms. The number of rotatable bonds is 4. The highest BCUT2D eigenvalue weighted by atomic mass is 19.1. The molecule has 19 heavy (non-hydrogen) atoms. The standard InChI is InChI=1S/C13H13FN2O3/c1-7(8(2)13(18)19)12(17)16-10-3-4-11(14)9(5-10)6-15/h3-5,7-8H,1-2H3,(H,16,17)(H,18,19). The third-order valence-electron chi connectivity index (χ3n) is 2.91. The van der Waals surface area contributed by atoms with Gasteiger partial charge >= 0.3 is 5.97 Å². The molecule has 100 valence electrons. The van der Waals surface area contributed by atoms with Crippen LogP contribution in [0.3, 0.4) is 0 Å². The smallest absolute Gasteiger partial charge is 0.307 e. The Morgan fingerprint density at radius 2 is 2.00 bits per heavy atom. The quantitative estimate of drug-likeness (QED) is 0.870. The van der Waals surface area contributed by atoms with E-state index in [0.717, 1.165) is 6.07 Å². The average molecular weight is 264 g/mol. The third kappa shape index (κ3) is 3.52. The fourth-order valence-electron chi connectivity index (χ4n) is 1.39. The summed E-state index contributed by atoms with van der Waals surface area (Å²) in [5, 5.41) is 19.9. The minimum absolute atomic E-state index is 0.184. The molecule has 0 aliphatic rings. The van der Waals surface area contributed by atoms with Gasteiger partial charge in [0.25, 0.3) is 0 Å². The van der Waals surface area contributed by atoms with Crippen molar-refractivity contribution in [1.29, 1.82) is 5.26 Å². The molecule has 5 nitrogen and oxygen atoms in total. The molecule has 1 amide bonds. The number of nitriles is 1. The van der Waals surface area contributed by atoms with Gasteiger partial charge in [-0.05, 0) is 18.2 Å². The van der Waals surface area contributed by atoms with Crippen molar-refractivity contribution in [3.8, 4) is 6.07 Å². The first-order valence-corrected chi connectivity index (χ1v) is 5.60. The first-order valence-electron chi connectivity index (χ1n) is 5.60. The van der Waals surface area contributed by atoms with Gasteiger partial charge in [-0.25, -0.2) is 4.39 Å². The van der Waals surface area contributed by atoms with E-state index in [1.807, 2.05) is 0 Å². The Morgan fingerprint density at radius 1 is 1.37 bits per heavy atom. The largest absolute Gasteiger partial charge is 0.481 e. The second-order valence-electron chi connectivity index (χ2n) is 4.21. The van der Waals surface area contributed by atoms with Crippen molar-refractivity contribution in [2.24, 2.45) is 11.8 Å². The summed E-state index contributed by atoms with van der Waals surface area (Å²) in [6.45, 7) is 2.92. The molecule has 0 radical (unpaired) electrons. The van der Waals surface area contributed by atoms with E-state index in [2.05, 4.69) is 5.32 Å². The molecule has 0 saturated carbocycles. The highest BCUT2D eigenvalue weighted by Crippen LogP contribution is 2.17. The highest BCUT2D eigenvalue weighted by Gasteiger charge is 2.25. The predicted molar refractivity (Wildman–Crippen MR) is 65.7 cm³/mol. The number of carboxylic acids is 1. The normalized spacial score (nSPS) is 13.2. The molecule has 0 bridgehead atoms. The van der Waals surface area contributed by atoms with Crippen molar-refractivity contribution >= 4 is 17.6 Å². The van der Waals surface area contributed by atoms with Crippen LogP contribution in [-0.2, 0) is 9.59 Å². The van der Waals surface area contributed by atoms with Crippen LogP contribution in [0.1, 0.15) is 19.4 Å². The topological polar surface area (TPSA) is 90.2 Å². The van der Waals surface area contributed by atoms with Gasteiger partial charge in [0, 0.05) is 11.6 Å². The number of anilines is 1. The van der Waals surface area contributed by atoms with Gasteiger partial charge in [-0.15, -0.1) is 0 Å². The fourth-order valence-corrected chi connectivity index (χ4v) is 1.39. The van der Waals surface area contributed by atoms with Crippen molar-refractivity contribution in [1.82, 2.24) is 0 Å². The average Bonchev–Trinajstić information content (AvgIpc) is 2.38. The van der Waals surface area contributed by atoms with E-state index in [0.29, 0.717) is 0 Å². The molecule has 2 atom stereocenters. The summed E-state index contributed by atoms with van der Waals surface area (Å²) in [6.07, 6.45) is 0. The van der Waals surface area contributed by atoms with E-state index in [1.165, 1.54) is 26.0 Å². The lowest BCUT2D eigenvalue weighted by atomic mass is 9.95. The summed E-state index contributed by atoms with van der Waals surface area (Å²) >= 11 is 0. The molecule has 0 aliphatic carbocycles. The van der Waals surface area contributed by atoms with Gasteiger partial charge in [0.2, 0.25) is 5.91 Å². The number of benzene rings is 1. The second kappa shape index (κ2) is 5.96. The molecule has 6 heteroatoms. The maximum absolute atomic E-state index is 13.1. The lowest BCUT2D eigenvalue weighted by Gasteiger charge is -2.15. The van der Waals surface area contributed by atoms with Gasteiger partial charge in [0.1, 0.15) is 11.9 Å². The molecule has 0 aromatic heterocycles. The number of carbonyl (C=O) groups excluding carboxylic acids is 1. The highest BCUT2D eigenvalue weighted by molar-refractivity contribution is 5.94. The van der Waals surface area contributed by atoms with Crippen molar-refractivity contribution < 1.29 is 19.1 Å². The van der Waals surface area contributed by atoms with Crippen LogP contribution in [0.4, 0.5) is 10.1 Å². The second-order valence-corrected chi connectivity index (χ2v) is 4.21. The van der Waals surface area contributed by atoms with Gasteiger partial charge in [-0.2, -0.15) is 5.26 Å². The Balaban J connectivity index is 2.83. The molecule has 0 saturated heterocycles. The summed E-state index contributed by atoms with van der Waals surface area (Å²) in [6, 6.07) is 5.24. The Labute approximate surface area is 109 Å². The minimum Gasteiger partial charge on any atom is -0.481 e.